The average Bonchev–Trinajstić information content (AvgIpc) is 2.86. The number of carboxylic acid groups (broad SMARTS) is 1. The lowest BCUT2D eigenvalue weighted by atomic mass is 10.1. The third-order valence-electron chi connectivity index (χ3n) is 3.23. The number of ether oxygens (including phenoxy) is 1. The van der Waals surface area contributed by atoms with Crippen LogP contribution in [0.5, 0.6) is 0 Å². The highest BCUT2D eigenvalue weighted by Crippen LogP contribution is 2.24. The van der Waals surface area contributed by atoms with Gasteiger partial charge in [-0.2, -0.15) is 4.98 Å². The van der Waals surface area contributed by atoms with Crippen molar-refractivity contribution in [1.82, 2.24) is 9.97 Å². The van der Waals surface area contributed by atoms with Crippen LogP contribution in [0.2, 0.25) is 0 Å². The Balaban J connectivity index is 1.94. The Labute approximate surface area is 121 Å². The standard InChI is InChI=1S/C13H18N2O4S/c1-8-10(12(16)17)11(15-13(18)14-8)20-7-3-5-9-4-2-6-19-9/h9H,2-7H2,1H3,(H,16,17)(H,14,15,18). The SMILES string of the molecule is Cc1[nH]c(=O)nc(SCCCC2CCCO2)c1C(=O)O. The number of hydrogen-bond acceptors (Lipinski definition) is 5. The van der Waals surface area contributed by atoms with Crippen LogP contribution in [0.4, 0.5) is 0 Å². The van der Waals surface area contributed by atoms with E-state index in [1.54, 1.807) is 6.92 Å². The topological polar surface area (TPSA) is 92.3 Å². The summed E-state index contributed by atoms with van der Waals surface area (Å²) in [5.41, 5.74) is -0.0695. The van der Waals surface area contributed by atoms with E-state index in [2.05, 4.69) is 9.97 Å². The quantitative estimate of drug-likeness (QED) is 0.473. The van der Waals surface area contributed by atoms with Crippen molar-refractivity contribution in [2.24, 2.45) is 0 Å². The summed E-state index contributed by atoms with van der Waals surface area (Å²) in [6.45, 7) is 2.42. The molecule has 0 amide bonds. The van der Waals surface area contributed by atoms with Gasteiger partial charge in [0.1, 0.15) is 10.6 Å². The molecule has 1 atom stereocenters. The molecule has 6 nitrogen and oxygen atoms in total. The molecule has 2 N–H and O–H groups in total. The predicted octanol–water partition coefficient (Wildman–Crippen LogP) is 1.83. The van der Waals surface area contributed by atoms with Gasteiger partial charge in [-0.3, -0.25) is 0 Å². The first kappa shape index (κ1) is 15.1. The highest BCUT2D eigenvalue weighted by molar-refractivity contribution is 7.99. The Bertz CT molecular complexity index is 538. The van der Waals surface area contributed by atoms with Crippen molar-refractivity contribution in [3.63, 3.8) is 0 Å². The van der Waals surface area contributed by atoms with E-state index < -0.39 is 11.7 Å². The summed E-state index contributed by atoms with van der Waals surface area (Å²) in [5.74, 6) is -0.330. The van der Waals surface area contributed by atoms with Crippen molar-refractivity contribution in [3.05, 3.63) is 21.7 Å². The first-order valence-corrected chi connectivity index (χ1v) is 7.65. The summed E-state index contributed by atoms with van der Waals surface area (Å²) < 4.78 is 5.53. The van der Waals surface area contributed by atoms with Gasteiger partial charge in [-0.1, -0.05) is 0 Å². The number of thioether (sulfide) groups is 1. The molecule has 0 aliphatic carbocycles. The van der Waals surface area contributed by atoms with E-state index in [1.807, 2.05) is 0 Å². The summed E-state index contributed by atoms with van der Waals surface area (Å²) in [4.78, 5) is 28.7. The van der Waals surface area contributed by atoms with E-state index >= 15 is 0 Å². The molecule has 0 saturated carbocycles. The van der Waals surface area contributed by atoms with Gasteiger partial charge in [0.2, 0.25) is 0 Å². The maximum atomic E-state index is 11.3. The van der Waals surface area contributed by atoms with Crippen LogP contribution in [-0.4, -0.2) is 39.5 Å². The second-order valence-corrected chi connectivity index (χ2v) is 5.86. The van der Waals surface area contributed by atoms with Crippen LogP contribution in [0.3, 0.4) is 0 Å². The summed E-state index contributed by atoms with van der Waals surface area (Å²) in [6, 6.07) is 0. The molecule has 1 saturated heterocycles. The Morgan fingerprint density at radius 1 is 1.60 bits per heavy atom. The van der Waals surface area contributed by atoms with Crippen LogP contribution in [-0.2, 0) is 4.74 Å². The number of H-pyrrole nitrogens is 1. The molecule has 1 aromatic rings. The zero-order valence-electron chi connectivity index (χ0n) is 11.3. The van der Waals surface area contributed by atoms with Gasteiger partial charge in [0.25, 0.3) is 0 Å². The molecule has 110 valence electrons. The highest BCUT2D eigenvalue weighted by atomic mass is 32.2. The lowest BCUT2D eigenvalue weighted by Crippen LogP contribution is -2.18. The molecule has 1 fully saturated rings. The van der Waals surface area contributed by atoms with E-state index in [4.69, 9.17) is 4.74 Å². The number of nitrogens with zero attached hydrogens (tertiary/aromatic N) is 1. The second-order valence-electron chi connectivity index (χ2n) is 4.78. The van der Waals surface area contributed by atoms with Gasteiger partial charge in [-0.05, 0) is 38.4 Å². The minimum atomic E-state index is -1.06. The number of aromatic amines is 1. The van der Waals surface area contributed by atoms with Crippen LogP contribution in [0, 0.1) is 6.92 Å². The summed E-state index contributed by atoms with van der Waals surface area (Å²) in [5, 5.41) is 9.47. The van der Waals surface area contributed by atoms with E-state index in [1.165, 1.54) is 11.8 Å². The Morgan fingerprint density at radius 3 is 3.05 bits per heavy atom. The number of carboxylic acids is 1. The number of aryl methyl sites for hydroxylation is 1. The van der Waals surface area contributed by atoms with Crippen molar-refractivity contribution in [1.29, 1.82) is 0 Å². The fraction of sp³-hybridized carbons (Fsp3) is 0.615. The van der Waals surface area contributed by atoms with Crippen molar-refractivity contribution < 1.29 is 14.6 Å². The van der Waals surface area contributed by atoms with Crippen LogP contribution < -0.4 is 5.69 Å². The minimum Gasteiger partial charge on any atom is -0.478 e. The molecular weight excluding hydrogens is 280 g/mol. The lowest BCUT2D eigenvalue weighted by molar-refractivity contribution is 0.0690. The van der Waals surface area contributed by atoms with Gasteiger partial charge in [-0.25, -0.2) is 9.59 Å². The van der Waals surface area contributed by atoms with Crippen LogP contribution in [0.15, 0.2) is 9.82 Å². The van der Waals surface area contributed by atoms with Gasteiger partial charge in [0.05, 0.1) is 6.10 Å². The molecule has 1 aromatic heterocycles. The van der Waals surface area contributed by atoms with Crippen molar-refractivity contribution >= 4 is 17.7 Å². The van der Waals surface area contributed by atoms with Crippen LogP contribution >= 0.6 is 11.8 Å². The lowest BCUT2D eigenvalue weighted by Gasteiger charge is -2.09. The summed E-state index contributed by atoms with van der Waals surface area (Å²) in [7, 11) is 0. The van der Waals surface area contributed by atoms with Gasteiger partial charge in [0.15, 0.2) is 0 Å². The molecule has 20 heavy (non-hydrogen) atoms. The molecule has 1 aliphatic heterocycles. The molecular formula is C13H18N2O4S. The average molecular weight is 298 g/mol. The fourth-order valence-electron chi connectivity index (χ4n) is 2.27. The van der Waals surface area contributed by atoms with E-state index in [9.17, 15) is 14.7 Å². The second kappa shape index (κ2) is 6.90. The molecule has 0 spiro atoms. The maximum Gasteiger partial charge on any atom is 0.346 e. The molecule has 0 radical (unpaired) electrons. The number of aromatic nitrogens is 2. The highest BCUT2D eigenvalue weighted by Gasteiger charge is 2.18. The molecule has 2 rings (SSSR count). The summed E-state index contributed by atoms with van der Waals surface area (Å²) in [6.07, 6.45) is 4.45. The number of carbonyl (C=O) groups is 1. The summed E-state index contributed by atoms with van der Waals surface area (Å²) >= 11 is 1.32. The Morgan fingerprint density at radius 2 is 2.40 bits per heavy atom. The van der Waals surface area contributed by atoms with Gasteiger partial charge in [-0.15, -0.1) is 11.8 Å². The smallest absolute Gasteiger partial charge is 0.346 e. The maximum absolute atomic E-state index is 11.3. The van der Waals surface area contributed by atoms with Gasteiger partial charge < -0.3 is 14.8 Å². The molecule has 0 aromatic carbocycles. The Kier molecular flexibility index (Phi) is 5.19. The minimum absolute atomic E-state index is 0.0896. The first-order valence-electron chi connectivity index (χ1n) is 6.66. The third-order valence-corrected chi connectivity index (χ3v) is 4.30. The van der Waals surface area contributed by atoms with Crippen LogP contribution in [0.25, 0.3) is 0 Å². The van der Waals surface area contributed by atoms with Crippen molar-refractivity contribution in [3.8, 4) is 0 Å². The van der Waals surface area contributed by atoms with E-state index in [0.29, 0.717) is 16.8 Å². The predicted molar refractivity (Wildman–Crippen MR) is 75.5 cm³/mol. The fourth-order valence-corrected chi connectivity index (χ4v) is 3.30. The van der Waals surface area contributed by atoms with Crippen molar-refractivity contribution in [2.75, 3.05) is 12.4 Å². The molecule has 1 unspecified atom stereocenters. The Hall–Kier alpha value is -1.34. The number of nitrogens with one attached hydrogen (secondary N) is 1. The molecule has 7 heteroatoms. The molecule has 1 aliphatic rings. The normalized spacial score (nSPS) is 18.4. The number of rotatable bonds is 6. The zero-order chi connectivity index (χ0) is 14.5. The number of hydrogen-bond donors (Lipinski definition) is 2. The van der Waals surface area contributed by atoms with E-state index in [0.717, 1.165) is 38.0 Å². The first-order chi connectivity index (χ1) is 9.58. The molecule has 0 bridgehead atoms. The third kappa shape index (κ3) is 3.83. The largest absolute Gasteiger partial charge is 0.478 e. The van der Waals surface area contributed by atoms with Crippen LogP contribution in [0.1, 0.15) is 41.7 Å². The monoisotopic (exact) mass is 298 g/mol. The molecule has 2 heterocycles. The van der Waals surface area contributed by atoms with Gasteiger partial charge >= 0.3 is 11.7 Å². The van der Waals surface area contributed by atoms with Gasteiger partial charge in [0, 0.05) is 12.3 Å². The zero-order valence-corrected chi connectivity index (χ0v) is 12.2. The number of aromatic carboxylic acids is 1. The van der Waals surface area contributed by atoms with Crippen molar-refractivity contribution in [2.45, 2.75) is 43.7 Å². The van der Waals surface area contributed by atoms with E-state index in [-0.39, 0.29) is 5.56 Å².